The molecule has 0 spiro atoms. The third kappa shape index (κ3) is 4.56. The maximum Gasteiger partial charge on any atom is 0.132 e. The fourth-order valence-corrected chi connectivity index (χ4v) is 3.39. The van der Waals surface area contributed by atoms with Crippen molar-refractivity contribution in [2.75, 3.05) is 13.2 Å². The van der Waals surface area contributed by atoms with Gasteiger partial charge in [-0.1, -0.05) is 24.3 Å². The molecule has 136 valence electrons. The van der Waals surface area contributed by atoms with Gasteiger partial charge in [-0.3, -0.25) is 0 Å². The molecule has 0 radical (unpaired) electrons. The van der Waals surface area contributed by atoms with Crippen LogP contribution in [0.25, 0.3) is 10.9 Å². The largest absolute Gasteiger partial charge is 0.493 e. The number of para-hydroxylation sites is 1. The highest BCUT2D eigenvalue weighted by Gasteiger charge is 2.19. The Morgan fingerprint density at radius 3 is 3.00 bits per heavy atom. The Labute approximate surface area is 155 Å². The van der Waals surface area contributed by atoms with Gasteiger partial charge in [0, 0.05) is 22.6 Å². The van der Waals surface area contributed by atoms with Crippen LogP contribution in [0.2, 0.25) is 0 Å². The van der Waals surface area contributed by atoms with Crippen molar-refractivity contribution >= 4 is 10.9 Å². The van der Waals surface area contributed by atoms with Gasteiger partial charge in [0.1, 0.15) is 5.76 Å². The molecule has 4 nitrogen and oxygen atoms in total. The van der Waals surface area contributed by atoms with E-state index < -0.39 is 0 Å². The summed E-state index contributed by atoms with van der Waals surface area (Å²) in [6.07, 6.45) is 9.70. The van der Waals surface area contributed by atoms with Gasteiger partial charge in [0.25, 0.3) is 0 Å². The highest BCUT2D eigenvalue weighted by atomic mass is 16.5. The molecule has 1 aliphatic carbocycles. The number of aromatic amines is 1. The molecule has 0 bridgehead atoms. The predicted molar refractivity (Wildman–Crippen MR) is 106 cm³/mol. The van der Waals surface area contributed by atoms with Gasteiger partial charge in [0.15, 0.2) is 0 Å². The van der Waals surface area contributed by atoms with Crippen molar-refractivity contribution in [3.63, 3.8) is 0 Å². The Bertz CT molecular complexity index is 852. The minimum absolute atomic E-state index is 0.00673. The number of nitrogens with zero attached hydrogens (tertiary/aromatic N) is 1. The normalized spacial score (nSPS) is 14.7. The lowest BCUT2D eigenvalue weighted by atomic mass is 9.94. The van der Waals surface area contributed by atoms with Crippen LogP contribution in [0.5, 0.6) is 0 Å². The van der Waals surface area contributed by atoms with E-state index in [0.29, 0.717) is 6.61 Å². The molecule has 0 unspecified atom stereocenters. The number of benzene rings is 1. The van der Waals surface area contributed by atoms with Crippen molar-refractivity contribution in [3.05, 3.63) is 59.5 Å². The SMILES string of the molecule is CC(C)(Cc1c[nH]c2ccccc12)NCCCOC1=C(C#N)CCC=C1. The highest BCUT2D eigenvalue weighted by molar-refractivity contribution is 5.83. The van der Waals surface area contributed by atoms with Crippen molar-refractivity contribution < 1.29 is 4.74 Å². The number of H-pyrrole nitrogens is 1. The summed E-state index contributed by atoms with van der Waals surface area (Å²) in [5, 5.41) is 14.1. The summed E-state index contributed by atoms with van der Waals surface area (Å²) >= 11 is 0. The lowest BCUT2D eigenvalue weighted by Gasteiger charge is -2.26. The topological polar surface area (TPSA) is 60.8 Å². The van der Waals surface area contributed by atoms with Gasteiger partial charge in [-0.25, -0.2) is 0 Å². The van der Waals surface area contributed by atoms with E-state index in [1.54, 1.807) is 0 Å². The number of ether oxygens (including phenoxy) is 1. The molecule has 3 rings (SSSR count). The number of nitrogens with one attached hydrogen (secondary N) is 2. The summed E-state index contributed by atoms with van der Waals surface area (Å²) in [6, 6.07) is 10.7. The number of fused-ring (bicyclic) bond motifs is 1. The Hall–Kier alpha value is -2.51. The maximum absolute atomic E-state index is 9.13. The van der Waals surface area contributed by atoms with E-state index in [1.807, 2.05) is 6.08 Å². The Balaban J connectivity index is 1.46. The van der Waals surface area contributed by atoms with Crippen LogP contribution in [0, 0.1) is 11.3 Å². The van der Waals surface area contributed by atoms with E-state index in [-0.39, 0.29) is 5.54 Å². The van der Waals surface area contributed by atoms with Crippen LogP contribution in [0.1, 0.15) is 38.7 Å². The summed E-state index contributed by atoms with van der Waals surface area (Å²) in [5.41, 5.74) is 3.30. The Morgan fingerprint density at radius 1 is 1.31 bits per heavy atom. The third-order valence-electron chi connectivity index (χ3n) is 4.75. The molecule has 4 heteroatoms. The van der Waals surface area contributed by atoms with Gasteiger partial charge < -0.3 is 15.0 Å². The zero-order chi connectivity index (χ0) is 18.4. The Morgan fingerprint density at radius 2 is 2.15 bits per heavy atom. The van der Waals surface area contributed by atoms with Crippen LogP contribution >= 0.6 is 0 Å². The van der Waals surface area contributed by atoms with Crippen LogP contribution in [-0.2, 0) is 11.2 Å². The van der Waals surface area contributed by atoms with Gasteiger partial charge in [-0.15, -0.1) is 0 Å². The molecule has 0 fully saturated rings. The summed E-state index contributed by atoms with van der Waals surface area (Å²) in [7, 11) is 0. The average molecular weight is 349 g/mol. The number of allylic oxidation sites excluding steroid dienone is 3. The average Bonchev–Trinajstić information content (AvgIpc) is 3.04. The van der Waals surface area contributed by atoms with Gasteiger partial charge in [-0.05, 0) is 63.8 Å². The van der Waals surface area contributed by atoms with Crippen molar-refractivity contribution in [2.45, 2.75) is 45.1 Å². The van der Waals surface area contributed by atoms with Crippen molar-refractivity contribution in [3.8, 4) is 6.07 Å². The van der Waals surface area contributed by atoms with E-state index >= 15 is 0 Å². The van der Waals surface area contributed by atoms with Crippen LogP contribution in [0.4, 0.5) is 0 Å². The molecule has 0 amide bonds. The van der Waals surface area contributed by atoms with Gasteiger partial charge in [-0.2, -0.15) is 5.26 Å². The minimum Gasteiger partial charge on any atom is -0.493 e. The lowest BCUT2D eigenvalue weighted by molar-refractivity contribution is 0.211. The summed E-state index contributed by atoms with van der Waals surface area (Å²) in [6.45, 7) is 5.97. The molecule has 26 heavy (non-hydrogen) atoms. The fourth-order valence-electron chi connectivity index (χ4n) is 3.39. The Kier molecular flexibility index (Phi) is 5.80. The first-order valence-electron chi connectivity index (χ1n) is 9.32. The maximum atomic E-state index is 9.13. The van der Waals surface area contributed by atoms with Gasteiger partial charge >= 0.3 is 0 Å². The summed E-state index contributed by atoms with van der Waals surface area (Å²) < 4.78 is 5.79. The van der Waals surface area contributed by atoms with Gasteiger partial charge in [0.2, 0.25) is 0 Å². The molecule has 0 atom stereocenters. The first-order chi connectivity index (χ1) is 12.6. The first-order valence-corrected chi connectivity index (χ1v) is 9.32. The molecule has 0 saturated carbocycles. The molecular formula is C22H27N3O. The summed E-state index contributed by atoms with van der Waals surface area (Å²) in [5.74, 6) is 0.747. The van der Waals surface area contributed by atoms with Crippen molar-refractivity contribution in [2.24, 2.45) is 0 Å². The van der Waals surface area contributed by atoms with Crippen LogP contribution in [0.15, 0.2) is 53.9 Å². The molecule has 1 heterocycles. The molecule has 2 aromatic rings. The van der Waals surface area contributed by atoms with Crippen LogP contribution in [-0.4, -0.2) is 23.7 Å². The smallest absolute Gasteiger partial charge is 0.132 e. The number of aromatic nitrogens is 1. The zero-order valence-electron chi connectivity index (χ0n) is 15.6. The van der Waals surface area contributed by atoms with Crippen molar-refractivity contribution in [1.82, 2.24) is 10.3 Å². The zero-order valence-corrected chi connectivity index (χ0v) is 15.6. The molecule has 1 aromatic heterocycles. The predicted octanol–water partition coefficient (Wildman–Crippen LogP) is 4.61. The monoisotopic (exact) mass is 349 g/mol. The van der Waals surface area contributed by atoms with E-state index in [4.69, 9.17) is 10.00 Å². The first kappa shape index (κ1) is 18.3. The fraction of sp³-hybridized carbons (Fsp3) is 0.409. The number of nitriles is 1. The standard InChI is InChI=1S/C22H27N3O/c1-22(2,14-18-16-24-20-10-5-4-9-19(18)20)25-12-7-13-26-21-11-6-3-8-17(21)15-23/h4-6,9-11,16,24-25H,3,7-8,12-14H2,1-2H3. The molecule has 2 N–H and O–H groups in total. The van der Waals surface area contributed by atoms with Crippen molar-refractivity contribution in [1.29, 1.82) is 5.26 Å². The summed E-state index contributed by atoms with van der Waals surface area (Å²) in [4.78, 5) is 3.35. The van der Waals surface area contributed by atoms with E-state index in [0.717, 1.165) is 43.6 Å². The molecule has 1 aliphatic rings. The number of hydrogen-bond donors (Lipinski definition) is 2. The highest BCUT2D eigenvalue weighted by Crippen LogP contribution is 2.22. The van der Waals surface area contributed by atoms with E-state index in [9.17, 15) is 0 Å². The quantitative estimate of drug-likeness (QED) is 0.684. The third-order valence-corrected chi connectivity index (χ3v) is 4.75. The molecular weight excluding hydrogens is 322 g/mol. The second-order valence-electron chi connectivity index (χ2n) is 7.44. The van der Waals surface area contributed by atoms with E-state index in [1.165, 1.54) is 16.5 Å². The van der Waals surface area contributed by atoms with Gasteiger partial charge in [0.05, 0.1) is 18.2 Å². The van der Waals surface area contributed by atoms with Crippen LogP contribution < -0.4 is 5.32 Å². The molecule has 1 aromatic carbocycles. The number of hydrogen-bond acceptors (Lipinski definition) is 3. The lowest BCUT2D eigenvalue weighted by Crippen LogP contribution is -2.42. The second-order valence-corrected chi connectivity index (χ2v) is 7.44. The molecule has 0 aliphatic heterocycles. The molecule has 0 saturated heterocycles. The second kappa shape index (κ2) is 8.25. The minimum atomic E-state index is 0.00673. The number of rotatable bonds is 8. The van der Waals surface area contributed by atoms with E-state index in [2.05, 4.69) is 66.8 Å². The van der Waals surface area contributed by atoms with Crippen LogP contribution in [0.3, 0.4) is 0 Å².